The highest BCUT2D eigenvalue weighted by Gasteiger charge is 2.32. The molecule has 0 saturated heterocycles. The Bertz CT molecular complexity index is 1330. The topological polar surface area (TPSA) is 120 Å². The molecule has 0 saturated carbocycles. The summed E-state index contributed by atoms with van der Waals surface area (Å²) in [6, 6.07) is 11.4. The molecule has 0 aliphatic carbocycles. The molecule has 4 rings (SSSR count). The molecule has 0 fully saturated rings. The zero-order valence-corrected chi connectivity index (χ0v) is 19.8. The maximum absolute atomic E-state index is 13.3. The van der Waals surface area contributed by atoms with Gasteiger partial charge in [-0.15, -0.1) is 0 Å². The van der Waals surface area contributed by atoms with Gasteiger partial charge in [0.25, 0.3) is 5.91 Å². The smallest absolute Gasteiger partial charge is 0.258 e. The molecular weight excluding hydrogens is 460 g/mol. The lowest BCUT2D eigenvalue weighted by atomic mass is 10.1. The fraction of sp³-hybridized carbons (Fsp3) is 0.261. The first-order valence-corrected chi connectivity index (χ1v) is 11.8. The first-order chi connectivity index (χ1) is 16.3. The van der Waals surface area contributed by atoms with E-state index in [2.05, 4.69) is 15.3 Å². The van der Waals surface area contributed by atoms with E-state index in [-0.39, 0.29) is 35.6 Å². The Morgan fingerprint density at radius 1 is 1.03 bits per heavy atom. The van der Waals surface area contributed by atoms with E-state index in [1.807, 2.05) is 0 Å². The summed E-state index contributed by atoms with van der Waals surface area (Å²) >= 11 is 0. The number of rotatable bonds is 7. The first kappa shape index (κ1) is 23.5. The maximum Gasteiger partial charge on any atom is 0.258 e. The maximum atomic E-state index is 13.3. The van der Waals surface area contributed by atoms with Gasteiger partial charge in [-0.05, 0) is 30.3 Å². The highest BCUT2D eigenvalue weighted by atomic mass is 32.2. The number of anilines is 1. The van der Waals surface area contributed by atoms with Crippen molar-refractivity contribution in [3.05, 3.63) is 65.5 Å². The van der Waals surface area contributed by atoms with E-state index >= 15 is 0 Å². The molecule has 11 heteroatoms. The van der Waals surface area contributed by atoms with Crippen molar-refractivity contribution in [2.24, 2.45) is 0 Å². The van der Waals surface area contributed by atoms with Crippen LogP contribution >= 0.6 is 0 Å². The molecule has 178 valence electrons. The van der Waals surface area contributed by atoms with Crippen molar-refractivity contribution in [2.75, 3.05) is 33.2 Å². The van der Waals surface area contributed by atoms with E-state index in [0.29, 0.717) is 34.7 Å². The van der Waals surface area contributed by atoms with Crippen LogP contribution in [0.3, 0.4) is 0 Å². The lowest BCUT2D eigenvalue weighted by Gasteiger charge is -2.28. The molecule has 1 aliphatic heterocycles. The zero-order chi connectivity index (χ0) is 24.3. The van der Waals surface area contributed by atoms with E-state index in [0.717, 1.165) is 0 Å². The van der Waals surface area contributed by atoms with Crippen molar-refractivity contribution < 1.29 is 27.4 Å². The van der Waals surface area contributed by atoms with Crippen LogP contribution in [0.4, 0.5) is 5.95 Å². The summed E-state index contributed by atoms with van der Waals surface area (Å²) in [4.78, 5) is 21.2. The first-order valence-electron chi connectivity index (χ1n) is 10.4. The second-order valence-corrected chi connectivity index (χ2v) is 9.36. The molecule has 1 amide bonds. The number of carbonyl (C=O) groups is 1. The van der Waals surface area contributed by atoms with Crippen LogP contribution in [0.25, 0.3) is 0 Å². The Kier molecular flexibility index (Phi) is 6.66. The van der Waals surface area contributed by atoms with Gasteiger partial charge in [-0.2, -0.15) is 4.31 Å². The fourth-order valence-electron chi connectivity index (χ4n) is 3.62. The second-order valence-electron chi connectivity index (χ2n) is 7.46. The molecule has 0 atom stereocenters. The lowest BCUT2D eigenvalue weighted by molar-refractivity contribution is 0.102. The average molecular weight is 485 g/mol. The van der Waals surface area contributed by atoms with Gasteiger partial charge in [-0.25, -0.2) is 18.4 Å². The minimum Gasteiger partial charge on any atom is -0.497 e. The number of benzene rings is 2. The molecular formula is C23H24N4O6S. The van der Waals surface area contributed by atoms with E-state index < -0.39 is 10.0 Å². The summed E-state index contributed by atoms with van der Waals surface area (Å²) in [5.74, 6) is 0.990. The SMILES string of the molecule is COc1cccc(C(=O)Nc2ncc3c(n2)CCN(S(=O)(=O)c2cc(OC)ccc2OC)C3)c1. The fourth-order valence-corrected chi connectivity index (χ4v) is 5.21. The van der Waals surface area contributed by atoms with Gasteiger partial charge >= 0.3 is 0 Å². The number of sulfonamides is 1. The van der Waals surface area contributed by atoms with Crippen LogP contribution in [0.5, 0.6) is 17.2 Å². The molecule has 2 heterocycles. The summed E-state index contributed by atoms with van der Waals surface area (Å²) in [6.07, 6.45) is 1.90. The monoisotopic (exact) mass is 484 g/mol. The number of amides is 1. The highest BCUT2D eigenvalue weighted by Crippen LogP contribution is 2.32. The summed E-state index contributed by atoms with van der Waals surface area (Å²) in [5.41, 5.74) is 1.75. The predicted molar refractivity (Wildman–Crippen MR) is 124 cm³/mol. The molecule has 1 N–H and O–H groups in total. The minimum absolute atomic E-state index is 0.0286. The van der Waals surface area contributed by atoms with E-state index in [9.17, 15) is 13.2 Å². The summed E-state index contributed by atoms with van der Waals surface area (Å²) in [6.45, 7) is 0.318. The predicted octanol–water partition coefficient (Wildman–Crippen LogP) is 2.50. The molecule has 34 heavy (non-hydrogen) atoms. The van der Waals surface area contributed by atoms with Crippen LogP contribution in [0.2, 0.25) is 0 Å². The van der Waals surface area contributed by atoms with E-state index in [1.165, 1.54) is 37.9 Å². The highest BCUT2D eigenvalue weighted by molar-refractivity contribution is 7.89. The number of nitrogens with zero attached hydrogens (tertiary/aromatic N) is 3. The standard InChI is InChI=1S/C23H24N4O6S/c1-31-17-6-4-5-15(11-17)22(28)26-23-24-13-16-14-27(10-9-19(16)25-23)34(29,30)21-12-18(32-2)7-8-20(21)33-3/h4-8,11-13H,9-10,14H2,1-3H3,(H,24,25,26,28). The minimum atomic E-state index is -3.86. The number of ether oxygens (including phenoxy) is 3. The van der Waals surface area contributed by atoms with Crippen LogP contribution < -0.4 is 19.5 Å². The van der Waals surface area contributed by atoms with E-state index in [1.54, 1.807) is 36.4 Å². The van der Waals surface area contributed by atoms with Gasteiger partial charge in [0.1, 0.15) is 22.1 Å². The third kappa shape index (κ3) is 4.66. The van der Waals surface area contributed by atoms with Gasteiger partial charge in [-0.3, -0.25) is 10.1 Å². The average Bonchev–Trinajstić information content (AvgIpc) is 2.87. The van der Waals surface area contributed by atoms with Gasteiger partial charge < -0.3 is 14.2 Å². The molecule has 10 nitrogen and oxygen atoms in total. The quantitative estimate of drug-likeness (QED) is 0.543. The van der Waals surface area contributed by atoms with Crippen LogP contribution in [0.1, 0.15) is 21.6 Å². The Morgan fingerprint density at radius 3 is 2.53 bits per heavy atom. The third-order valence-corrected chi connectivity index (χ3v) is 7.31. The number of fused-ring (bicyclic) bond motifs is 1. The van der Waals surface area contributed by atoms with Gasteiger partial charge in [0, 0.05) is 42.9 Å². The molecule has 1 aliphatic rings. The van der Waals surface area contributed by atoms with Crippen LogP contribution in [0, 0.1) is 0 Å². The van der Waals surface area contributed by atoms with Crippen LogP contribution in [-0.4, -0.2) is 56.5 Å². The van der Waals surface area contributed by atoms with Crippen molar-refractivity contribution in [1.29, 1.82) is 0 Å². The van der Waals surface area contributed by atoms with Crippen molar-refractivity contribution in [3.8, 4) is 17.2 Å². The summed E-state index contributed by atoms with van der Waals surface area (Å²) in [7, 11) is 0.552. The summed E-state index contributed by atoms with van der Waals surface area (Å²) < 4.78 is 43.6. The Balaban J connectivity index is 1.53. The number of methoxy groups -OCH3 is 3. The number of aromatic nitrogens is 2. The van der Waals surface area contributed by atoms with E-state index in [4.69, 9.17) is 14.2 Å². The van der Waals surface area contributed by atoms with Crippen LogP contribution in [0.15, 0.2) is 53.6 Å². The molecule has 0 spiro atoms. The van der Waals surface area contributed by atoms with Gasteiger partial charge in [-0.1, -0.05) is 6.07 Å². The molecule has 0 radical (unpaired) electrons. The molecule has 1 aromatic heterocycles. The van der Waals surface area contributed by atoms with Gasteiger partial charge in [0.2, 0.25) is 16.0 Å². The van der Waals surface area contributed by atoms with Crippen molar-refractivity contribution in [1.82, 2.24) is 14.3 Å². The molecule has 2 aromatic carbocycles. The number of carbonyl (C=O) groups excluding carboxylic acids is 1. The largest absolute Gasteiger partial charge is 0.497 e. The number of hydrogen-bond acceptors (Lipinski definition) is 8. The molecule has 0 unspecified atom stereocenters. The Hall–Kier alpha value is -3.70. The van der Waals surface area contributed by atoms with Crippen molar-refractivity contribution in [3.63, 3.8) is 0 Å². The van der Waals surface area contributed by atoms with Gasteiger partial charge in [0.05, 0.1) is 27.0 Å². The third-order valence-electron chi connectivity index (χ3n) is 5.44. The summed E-state index contributed by atoms with van der Waals surface area (Å²) in [5, 5.41) is 2.68. The van der Waals surface area contributed by atoms with Gasteiger partial charge in [0.15, 0.2) is 0 Å². The van der Waals surface area contributed by atoms with Crippen molar-refractivity contribution in [2.45, 2.75) is 17.9 Å². The zero-order valence-electron chi connectivity index (χ0n) is 18.9. The molecule has 3 aromatic rings. The van der Waals surface area contributed by atoms with Crippen molar-refractivity contribution >= 4 is 21.9 Å². The Morgan fingerprint density at radius 2 is 1.79 bits per heavy atom. The lowest BCUT2D eigenvalue weighted by Crippen LogP contribution is -2.36. The second kappa shape index (κ2) is 9.65. The number of nitrogens with one attached hydrogen (secondary N) is 1. The molecule has 0 bridgehead atoms. The Labute approximate surface area is 197 Å². The normalized spacial score (nSPS) is 13.6. The van der Waals surface area contributed by atoms with Crippen LogP contribution in [-0.2, 0) is 23.0 Å². The number of hydrogen-bond donors (Lipinski definition) is 1.